The van der Waals surface area contributed by atoms with Gasteiger partial charge in [-0.05, 0) is 44.0 Å². The zero-order valence-electron chi connectivity index (χ0n) is 19.6. The standard InChI is InChI=1S/C25H25N5O4S/c1-4-15-13-35-23(28-15)17-10-21(29-25(34)26-5-2)27-11-18(17)14-7-8-16-20(9-14)30(6-3)12-19(22(16)31)24(32)33/h7-13H,4-6H2,1-3H3,(H,32,33)(H2,26,27,29,34). The number of rotatable bonds is 7. The van der Waals surface area contributed by atoms with Gasteiger partial charge in [0.1, 0.15) is 16.4 Å². The molecule has 3 aromatic heterocycles. The van der Waals surface area contributed by atoms with Gasteiger partial charge in [-0.3, -0.25) is 10.1 Å². The molecule has 0 atom stereocenters. The van der Waals surface area contributed by atoms with Crippen molar-refractivity contribution in [2.24, 2.45) is 0 Å². The number of amides is 2. The van der Waals surface area contributed by atoms with Crippen LogP contribution >= 0.6 is 11.3 Å². The average molecular weight is 492 g/mol. The second kappa shape index (κ2) is 10.1. The SMILES string of the molecule is CCNC(=O)Nc1cc(-c2nc(CC)cs2)c(-c2ccc3c(=O)c(C(=O)O)cn(CC)c3c2)cn1. The largest absolute Gasteiger partial charge is 0.477 e. The Morgan fingerprint density at radius 3 is 2.60 bits per heavy atom. The van der Waals surface area contributed by atoms with Crippen molar-refractivity contribution in [2.75, 3.05) is 11.9 Å². The number of nitrogens with zero attached hydrogens (tertiary/aromatic N) is 3. The van der Waals surface area contributed by atoms with E-state index in [9.17, 15) is 19.5 Å². The number of anilines is 1. The van der Waals surface area contributed by atoms with Gasteiger partial charge in [-0.25, -0.2) is 19.6 Å². The van der Waals surface area contributed by atoms with Crippen LogP contribution in [0.4, 0.5) is 10.6 Å². The molecule has 0 aliphatic rings. The van der Waals surface area contributed by atoms with Crippen LogP contribution in [0, 0.1) is 0 Å². The normalized spacial score (nSPS) is 10.9. The number of hydrogen-bond acceptors (Lipinski definition) is 6. The molecular formula is C25H25N5O4S. The summed E-state index contributed by atoms with van der Waals surface area (Å²) in [6, 6.07) is 6.72. The number of carboxylic acid groups (broad SMARTS) is 1. The smallest absolute Gasteiger partial charge is 0.341 e. The number of aromatic nitrogens is 3. The molecule has 2 amide bonds. The maximum Gasteiger partial charge on any atom is 0.341 e. The number of fused-ring (bicyclic) bond motifs is 1. The molecule has 3 N–H and O–H groups in total. The zero-order valence-corrected chi connectivity index (χ0v) is 20.4. The maximum absolute atomic E-state index is 12.7. The van der Waals surface area contributed by atoms with E-state index in [1.54, 1.807) is 29.0 Å². The summed E-state index contributed by atoms with van der Waals surface area (Å²) in [5, 5.41) is 18.0. The molecule has 0 aliphatic heterocycles. The number of aromatic carboxylic acids is 1. The Morgan fingerprint density at radius 1 is 1.14 bits per heavy atom. The van der Waals surface area contributed by atoms with Crippen molar-refractivity contribution in [3.8, 4) is 21.7 Å². The molecule has 9 nitrogen and oxygen atoms in total. The van der Waals surface area contributed by atoms with Gasteiger partial charge in [0.25, 0.3) is 0 Å². The highest BCUT2D eigenvalue weighted by atomic mass is 32.1. The molecule has 0 unspecified atom stereocenters. The fourth-order valence-corrected chi connectivity index (χ4v) is 4.75. The van der Waals surface area contributed by atoms with Crippen LogP contribution < -0.4 is 16.1 Å². The van der Waals surface area contributed by atoms with Gasteiger partial charge in [-0.1, -0.05) is 13.0 Å². The van der Waals surface area contributed by atoms with Gasteiger partial charge in [0.15, 0.2) is 0 Å². The first-order chi connectivity index (χ1) is 16.9. The second-order valence-corrected chi connectivity index (χ2v) is 8.65. The first-order valence-electron chi connectivity index (χ1n) is 11.3. The number of urea groups is 1. The average Bonchev–Trinajstić information content (AvgIpc) is 3.33. The topological polar surface area (TPSA) is 126 Å². The predicted octanol–water partition coefficient (Wildman–Crippen LogP) is 4.61. The molecule has 0 saturated heterocycles. The lowest BCUT2D eigenvalue weighted by Gasteiger charge is -2.14. The Balaban J connectivity index is 1.90. The van der Waals surface area contributed by atoms with E-state index in [1.807, 2.05) is 32.2 Å². The third-order valence-corrected chi connectivity index (χ3v) is 6.52. The lowest BCUT2D eigenvalue weighted by atomic mass is 9.99. The summed E-state index contributed by atoms with van der Waals surface area (Å²) in [5.74, 6) is -0.860. The molecule has 180 valence electrons. The minimum absolute atomic E-state index is 0.259. The van der Waals surface area contributed by atoms with Gasteiger partial charge in [-0.15, -0.1) is 11.3 Å². The van der Waals surface area contributed by atoms with Crippen molar-refractivity contribution >= 4 is 40.1 Å². The fraction of sp³-hybridized carbons (Fsp3) is 0.240. The maximum atomic E-state index is 12.7. The first-order valence-corrected chi connectivity index (χ1v) is 12.1. The fourth-order valence-electron chi connectivity index (χ4n) is 3.82. The molecule has 35 heavy (non-hydrogen) atoms. The molecule has 4 aromatic rings. The number of carbonyl (C=O) groups excluding carboxylic acids is 1. The van der Waals surface area contributed by atoms with E-state index in [4.69, 9.17) is 4.98 Å². The summed E-state index contributed by atoms with van der Waals surface area (Å²) in [7, 11) is 0. The van der Waals surface area contributed by atoms with Crippen molar-refractivity contribution in [3.05, 3.63) is 63.5 Å². The number of thiazole rings is 1. The van der Waals surface area contributed by atoms with Crippen molar-refractivity contribution in [1.29, 1.82) is 0 Å². The lowest BCUT2D eigenvalue weighted by molar-refractivity contribution is 0.0695. The minimum atomic E-state index is -1.25. The Morgan fingerprint density at radius 2 is 1.94 bits per heavy atom. The summed E-state index contributed by atoms with van der Waals surface area (Å²) in [6.45, 7) is 6.74. The predicted molar refractivity (Wildman–Crippen MR) is 137 cm³/mol. The van der Waals surface area contributed by atoms with Gasteiger partial charge < -0.3 is 15.0 Å². The van der Waals surface area contributed by atoms with Crippen LogP contribution in [0.15, 0.2) is 46.8 Å². The number of nitrogens with one attached hydrogen (secondary N) is 2. The summed E-state index contributed by atoms with van der Waals surface area (Å²) in [4.78, 5) is 45.5. The van der Waals surface area contributed by atoms with E-state index in [0.29, 0.717) is 29.8 Å². The molecule has 0 radical (unpaired) electrons. The van der Waals surface area contributed by atoms with E-state index in [1.165, 1.54) is 17.5 Å². The van der Waals surface area contributed by atoms with Crippen molar-refractivity contribution < 1.29 is 14.7 Å². The van der Waals surface area contributed by atoms with Gasteiger partial charge in [0, 0.05) is 47.4 Å². The van der Waals surface area contributed by atoms with Gasteiger partial charge in [-0.2, -0.15) is 0 Å². The van der Waals surface area contributed by atoms with E-state index in [2.05, 4.69) is 15.6 Å². The van der Waals surface area contributed by atoms with Crippen LogP contribution in [0.25, 0.3) is 32.6 Å². The Hall–Kier alpha value is -4.05. The monoisotopic (exact) mass is 491 g/mol. The summed E-state index contributed by atoms with van der Waals surface area (Å²) in [5.41, 5.74) is 3.18. The lowest BCUT2D eigenvalue weighted by Crippen LogP contribution is -2.28. The van der Waals surface area contributed by atoms with Crippen LogP contribution in [0.2, 0.25) is 0 Å². The van der Waals surface area contributed by atoms with E-state index < -0.39 is 11.4 Å². The third-order valence-electron chi connectivity index (χ3n) is 5.59. The Bertz CT molecular complexity index is 1490. The highest BCUT2D eigenvalue weighted by Gasteiger charge is 2.18. The van der Waals surface area contributed by atoms with Gasteiger partial charge in [0.05, 0.1) is 11.2 Å². The van der Waals surface area contributed by atoms with Crippen molar-refractivity contribution in [2.45, 2.75) is 33.7 Å². The second-order valence-electron chi connectivity index (χ2n) is 7.79. The molecule has 0 bridgehead atoms. The Labute approximate surface area is 205 Å². The molecule has 10 heteroatoms. The van der Waals surface area contributed by atoms with Gasteiger partial charge in [0.2, 0.25) is 5.43 Å². The number of carboxylic acids is 1. The minimum Gasteiger partial charge on any atom is -0.477 e. The number of pyridine rings is 2. The highest BCUT2D eigenvalue weighted by molar-refractivity contribution is 7.13. The van der Waals surface area contributed by atoms with Crippen molar-refractivity contribution in [1.82, 2.24) is 19.9 Å². The van der Waals surface area contributed by atoms with Crippen LogP contribution in [0.1, 0.15) is 36.8 Å². The Kier molecular flexibility index (Phi) is 6.92. The van der Waals surface area contributed by atoms with E-state index >= 15 is 0 Å². The van der Waals surface area contributed by atoms with Crippen LogP contribution in [-0.2, 0) is 13.0 Å². The number of carbonyl (C=O) groups is 2. The first kappa shape index (κ1) is 24.1. The molecule has 0 saturated carbocycles. The van der Waals surface area contributed by atoms with E-state index in [-0.39, 0.29) is 11.6 Å². The van der Waals surface area contributed by atoms with Crippen LogP contribution in [0.3, 0.4) is 0 Å². The van der Waals surface area contributed by atoms with Crippen LogP contribution in [-0.4, -0.2) is 38.2 Å². The molecule has 3 heterocycles. The molecular weight excluding hydrogens is 466 g/mol. The van der Waals surface area contributed by atoms with Crippen molar-refractivity contribution in [3.63, 3.8) is 0 Å². The third kappa shape index (κ3) is 4.78. The molecule has 0 fully saturated rings. The molecule has 4 rings (SSSR count). The van der Waals surface area contributed by atoms with Gasteiger partial charge >= 0.3 is 12.0 Å². The quantitative estimate of drug-likeness (QED) is 0.347. The summed E-state index contributed by atoms with van der Waals surface area (Å²) < 4.78 is 1.75. The zero-order chi connectivity index (χ0) is 25.1. The number of hydrogen-bond donors (Lipinski definition) is 3. The van der Waals surface area contributed by atoms with Crippen LogP contribution in [0.5, 0.6) is 0 Å². The summed E-state index contributed by atoms with van der Waals surface area (Å²) >= 11 is 1.51. The van der Waals surface area contributed by atoms with E-state index in [0.717, 1.165) is 33.8 Å². The summed E-state index contributed by atoms with van der Waals surface area (Å²) in [6.07, 6.45) is 3.85. The highest BCUT2D eigenvalue weighted by Crippen LogP contribution is 2.36. The molecule has 0 aliphatic carbocycles. The number of benzene rings is 1. The molecule has 0 spiro atoms. The number of aryl methyl sites for hydroxylation is 2. The molecule has 1 aromatic carbocycles.